The van der Waals surface area contributed by atoms with Crippen LogP contribution in [0.3, 0.4) is 0 Å². The Morgan fingerprint density at radius 1 is 0.315 bits per heavy atom. The van der Waals surface area contributed by atoms with E-state index in [1.54, 1.807) is 0 Å². The van der Waals surface area contributed by atoms with Gasteiger partial charge in [-0.25, -0.2) is 0 Å². The maximum atomic E-state index is 2.48. The molecule has 0 radical (unpaired) electrons. The molecule has 1 heterocycles. The van der Waals surface area contributed by atoms with Crippen LogP contribution in [0.5, 0.6) is 0 Å². The van der Waals surface area contributed by atoms with E-state index in [4.69, 9.17) is 0 Å². The number of para-hydroxylation sites is 3. The Morgan fingerprint density at radius 3 is 1.74 bits per heavy atom. The molecule has 254 valence electrons. The Hall–Kier alpha value is -7.16. The van der Waals surface area contributed by atoms with E-state index in [0.29, 0.717) is 0 Å². The van der Waals surface area contributed by atoms with Gasteiger partial charge in [-0.15, -0.1) is 0 Å². The Kier molecular flexibility index (Phi) is 7.85. The average molecular weight is 689 g/mol. The number of nitrogens with zero attached hydrogens (tertiary/aromatic N) is 2. The van der Waals surface area contributed by atoms with Crippen LogP contribution in [0.25, 0.3) is 71.6 Å². The molecule has 0 spiro atoms. The minimum atomic E-state index is 1.08. The quantitative estimate of drug-likeness (QED) is 0.162. The van der Waals surface area contributed by atoms with Crippen LogP contribution in [-0.4, -0.2) is 4.57 Å². The van der Waals surface area contributed by atoms with Crippen molar-refractivity contribution in [2.75, 3.05) is 4.90 Å². The lowest BCUT2D eigenvalue weighted by Crippen LogP contribution is -2.13. The third kappa shape index (κ3) is 5.53. The van der Waals surface area contributed by atoms with E-state index in [-0.39, 0.29) is 0 Å². The van der Waals surface area contributed by atoms with Crippen molar-refractivity contribution in [1.82, 2.24) is 4.57 Å². The topological polar surface area (TPSA) is 8.17 Å². The van der Waals surface area contributed by atoms with Crippen molar-refractivity contribution >= 4 is 49.6 Å². The zero-order valence-electron chi connectivity index (χ0n) is 29.7. The molecule has 0 unspecified atom stereocenters. The van der Waals surface area contributed by atoms with Crippen molar-refractivity contribution in [3.05, 3.63) is 218 Å². The number of fused-ring (bicyclic) bond motifs is 4. The number of rotatable bonds is 7. The summed E-state index contributed by atoms with van der Waals surface area (Å²) < 4.78 is 2.40. The predicted molar refractivity (Wildman–Crippen MR) is 229 cm³/mol. The van der Waals surface area contributed by atoms with Crippen LogP contribution in [0.2, 0.25) is 0 Å². The highest BCUT2D eigenvalue weighted by Gasteiger charge is 2.23. The highest BCUT2D eigenvalue weighted by atomic mass is 15.1. The molecule has 0 fully saturated rings. The smallest absolute Gasteiger partial charge is 0.0561 e. The summed E-state index contributed by atoms with van der Waals surface area (Å²) in [5.74, 6) is 0. The van der Waals surface area contributed by atoms with Crippen LogP contribution in [0.1, 0.15) is 0 Å². The second kappa shape index (κ2) is 13.4. The Bertz CT molecular complexity index is 2930. The summed E-state index contributed by atoms with van der Waals surface area (Å²) in [7, 11) is 0. The van der Waals surface area contributed by atoms with Crippen molar-refractivity contribution in [3.63, 3.8) is 0 Å². The summed E-state index contributed by atoms with van der Waals surface area (Å²) >= 11 is 0. The van der Waals surface area contributed by atoms with Gasteiger partial charge in [0.1, 0.15) is 0 Å². The van der Waals surface area contributed by atoms with Crippen molar-refractivity contribution in [3.8, 4) is 39.1 Å². The van der Waals surface area contributed by atoms with Crippen LogP contribution >= 0.6 is 0 Å². The van der Waals surface area contributed by atoms with Gasteiger partial charge in [0, 0.05) is 33.3 Å². The lowest BCUT2D eigenvalue weighted by atomic mass is 9.95. The van der Waals surface area contributed by atoms with Crippen molar-refractivity contribution in [2.45, 2.75) is 0 Å². The molecule has 0 atom stereocenters. The monoisotopic (exact) mass is 688 g/mol. The van der Waals surface area contributed by atoms with Gasteiger partial charge in [0.15, 0.2) is 0 Å². The second-order valence-electron chi connectivity index (χ2n) is 13.8. The lowest BCUT2D eigenvalue weighted by Gasteiger charge is -2.30. The first kappa shape index (κ1) is 31.6. The minimum absolute atomic E-state index is 1.08. The summed E-state index contributed by atoms with van der Waals surface area (Å²) in [6.45, 7) is 0. The molecule has 0 saturated heterocycles. The van der Waals surface area contributed by atoms with E-state index in [1.807, 2.05) is 0 Å². The van der Waals surface area contributed by atoms with Gasteiger partial charge in [0.25, 0.3) is 0 Å². The van der Waals surface area contributed by atoms with Crippen molar-refractivity contribution in [1.29, 1.82) is 0 Å². The van der Waals surface area contributed by atoms with Gasteiger partial charge in [-0.2, -0.15) is 0 Å². The summed E-state index contributed by atoms with van der Waals surface area (Å²) in [6.07, 6.45) is 0. The van der Waals surface area contributed by atoms with E-state index >= 15 is 0 Å². The van der Waals surface area contributed by atoms with Crippen LogP contribution in [0, 0.1) is 0 Å². The van der Waals surface area contributed by atoms with E-state index in [2.05, 4.69) is 228 Å². The molecular weight excluding hydrogens is 653 g/mol. The Balaban J connectivity index is 1.29. The van der Waals surface area contributed by atoms with Gasteiger partial charge in [0.2, 0.25) is 0 Å². The van der Waals surface area contributed by atoms with E-state index in [0.717, 1.165) is 45.0 Å². The molecule has 0 bridgehead atoms. The van der Waals surface area contributed by atoms with Crippen molar-refractivity contribution < 1.29 is 0 Å². The highest BCUT2D eigenvalue weighted by molar-refractivity contribution is 6.11. The predicted octanol–water partition coefficient (Wildman–Crippen LogP) is 14.4. The molecule has 9 aromatic carbocycles. The zero-order valence-corrected chi connectivity index (χ0v) is 29.7. The van der Waals surface area contributed by atoms with Crippen molar-refractivity contribution in [2.24, 2.45) is 0 Å². The molecule has 1 aromatic heterocycles. The van der Waals surface area contributed by atoms with Crippen LogP contribution in [-0.2, 0) is 0 Å². The van der Waals surface area contributed by atoms with Gasteiger partial charge in [0.05, 0.1) is 22.4 Å². The third-order valence-electron chi connectivity index (χ3n) is 10.6. The summed E-state index contributed by atoms with van der Waals surface area (Å²) in [5.41, 5.74) is 13.8. The fourth-order valence-electron chi connectivity index (χ4n) is 8.02. The molecular formula is C52H36N2. The SMILES string of the molecule is c1ccc(-c2ccc(-c3ccccc3)c(N(c3ccc4c5ccccc5n(-c5ccccc5)c4c3)c3ccccc3-c3ccc4ccccc4c3)c2)cc1. The Labute approximate surface area is 315 Å². The molecule has 0 aliphatic carbocycles. The number of hydrogen-bond acceptors (Lipinski definition) is 1. The Morgan fingerprint density at radius 2 is 0.926 bits per heavy atom. The van der Waals surface area contributed by atoms with Crippen LogP contribution < -0.4 is 4.90 Å². The molecule has 0 amide bonds. The molecule has 0 saturated carbocycles. The second-order valence-corrected chi connectivity index (χ2v) is 13.8. The molecule has 0 aliphatic heterocycles. The average Bonchev–Trinajstić information content (AvgIpc) is 3.58. The number of anilines is 3. The summed E-state index contributed by atoms with van der Waals surface area (Å²) in [6, 6.07) is 79.1. The molecule has 54 heavy (non-hydrogen) atoms. The molecule has 10 aromatic rings. The first-order chi connectivity index (χ1) is 26.8. The fourth-order valence-corrected chi connectivity index (χ4v) is 8.02. The summed E-state index contributed by atoms with van der Waals surface area (Å²) in [5, 5.41) is 4.92. The van der Waals surface area contributed by atoms with E-state index < -0.39 is 0 Å². The number of aromatic nitrogens is 1. The van der Waals surface area contributed by atoms with Gasteiger partial charge >= 0.3 is 0 Å². The van der Waals surface area contributed by atoms with E-state index in [9.17, 15) is 0 Å². The van der Waals surface area contributed by atoms with Gasteiger partial charge in [-0.1, -0.05) is 170 Å². The minimum Gasteiger partial charge on any atom is -0.309 e. The number of hydrogen-bond donors (Lipinski definition) is 0. The number of benzene rings is 9. The van der Waals surface area contributed by atoms with Gasteiger partial charge in [-0.3, -0.25) is 0 Å². The molecule has 0 N–H and O–H groups in total. The standard InChI is InChI=1S/C52H36N2/c1-4-16-37(17-5-1)41-30-32-46(39-19-6-2-7-20-39)51(35-41)54(49-26-14-12-24-45(49)42-29-28-38-18-10-11-21-40(38)34-42)44-31-33-48-47-25-13-15-27-50(47)53(52(48)36-44)43-22-8-3-9-23-43/h1-36H. The first-order valence-electron chi connectivity index (χ1n) is 18.5. The molecule has 2 heteroatoms. The highest BCUT2D eigenvalue weighted by Crippen LogP contribution is 2.47. The normalized spacial score (nSPS) is 11.3. The maximum Gasteiger partial charge on any atom is 0.0561 e. The van der Waals surface area contributed by atoms with Crippen LogP contribution in [0.15, 0.2) is 218 Å². The van der Waals surface area contributed by atoms with Gasteiger partial charge < -0.3 is 9.47 Å². The maximum absolute atomic E-state index is 2.48. The third-order valence-corrected chi connectivity index (χ3v) is 10.6. The fraction of sp³-hybridized carbons (Fsp3) is 0. The van der Waals surface area contributed by atoms with Crippen LogP contribution in [0.4, 0.5) is 17.1 Å². The zero-order chi connectivity index (χ0) is 35.8. The summed E-state index contributed by atoms with van der Waals surface area (Å²) in [4.78, 5) is 2.48. The van der Waals surface area contributed by atoms with E-state index in [1.165, 1.54) is 43.8 Å². The molecule has 10 rings (SSSR count). The largest absolute Gasteiger partial charge is 0.309 e. The first-order valence-corrected chi connectivity index (χ1v) is 18.5. The lowest BCUT2D eigenvalue weighted by molar-refractivity contribution is 1.18. The molecule has 2 nitrogen and oxygen atoms in total. The molecule has 0 aliphatic rings. The van der Waals surface area contributed by atoms with Gasteiger partial charge in [-0.05, 0) is 81.6 Å².